The maximum absolute atomic E-state index is 9.62. The van der Waals surface area contributed by atoms with E-state index in [-0.39, 0.29) is 12.7 Å². The Labute approximate surface area is 27.0 Å². The fourth-order valence-electron chi connectivity index (χ4n) is 0. The van der Waals surface area contributed by atoms with Gasteiger partial charge in [0, 0.05) is 1.37 Å². The third kappa shape index (κ3) is 6.88. The second-order valence-corrected chi connectivity index (χ2v) is 0.702. The lowest BCUT2D eigenvalue weighted by atomic mass is 10.6. The highest BCUT2D eigenvalue weighted by atomic mass is 16.1. The first-order valence-corrected chi connectivity index (χ1v) is 1.06. The van der Waals surface area contributed by atoms with E-state index in [4.69, 9.17) is 1.37 Å². The average molecular weight is 60.1 g/mol. The Balaban J connectivity index is 2.85. The minimum Gasteiger partial charge on any atom is -0.300 e. The lowest BCUT2D eigenvalue weighted by molar-refractivity contribution is -0.114. The van der Waals surface area contributed by atoms with Crippen LogP contribution in [-0.2, 0) is 4.79 Å². The highest BCUT2D eigenvalue weighted by Crippen LogP contribution is 1.50. The van der Waals surface area contributed by atoms with Gasteiger partial charge in [-0.05, 0) is 13.8 Å². The van der Waals surface area contributed by atoms with E-state index in [1.807, 2.05) is 0 Å². The minimum absolute atomic E-state index is 0.0787. The molecule has 0 aliphatic rings. The molecule has 0 saturated heterocycles. The SMILES string of the molecule is [3H]CC(C)=O. The number of ketones is 1. The first kappa shape index (κ1) is 1.94. The summed E-state index contributed by atoms with van der Waals surface area (Å²) in [6, 6.07) is 0. The van der Waals surface area contributed by atoms with Gasteiger partial charge in [0.2, 0.25) is 0 Å². The van der Waals surface area contributed by atoms with Gasteiger partial charge in [-0.3, -0.25) is 0 Å². The molecule has 0 heterocycles. The maximum atomic E-state index is 9.62. The fourth-order valence-corrected chi connectivity index (χ4v) is 0. The van der Waals surface area contributed by atoms with Gasteiger partial charge in [-0.15, -0.1) is 0 Å². The predicted octanol–water partition coefficient (Wildman–Crippen LogP) is 0.595. The molecule has 1 heteroatoms. The van der Waals surface area contributed by atoms with Gasteiger partial charge in [0.15, 0.2) is 0 Å². The van der Waals surface area contributed by atoms with Crippen LogP contribution in [0.2, 0.25) is 0 Å². The largest absolute Gasteiger partial charge is 0.300 e. The van der Waals surface area contributed by atoms with E-state index < -0.39 is 0 Å². The van der Waals surface area contributed by atoms with Gasteiger partial charge in [0.25, 0.3) is 0 Å². The van der Waals surface area contributed by atoms with Crippen molar-refractivity contribution in [3.05, 3.63) is 0 Å². The van der Waals surface area contributed by atoms with E-state index >= 15 is 0 Å². The number of hydrogen-bond donors (Lipinski definition) is 0. The van der Waals surface area contributed by atoms with Crippen molar-refractivity contribution in [1.82, 2.24) is 0 Å². The predicted molar refractivity (Wildman–Crippen MR) is 16.4 cm³/mol. The molecule has 0 atom stereocenters. The first-order chi connectivity index (χ1) is 2.27. The molecule has 0 N–H and O–H groups in total. The molecule has 0 aromatic rings. The number of hydrogen-bond acceptors (Lipinski definition) is 1. The zero-order chi connectivity index (χ0) is 4.28. The number of carbonyl (C=O) groups is 1. The second kappa shape index (κ2) is 1.04. The average Bonchev–Trinajstić information content (AvgIpc) is 1.38. The Morgan fingerprint density at radius 1 is 2.25 bits per heavy atom. The maximum Gasteiger partial charge on any atom is 0.126 e. The third-order valence-electron chi connectivity index (χ3n) is 0. The molecule has 0 aliphatic heterocycles. The molecule has 0 unspecified atom stereocenters. The van der Waals surface area contributed by atoms with Crippen molar-refractivity contribution < 1.29 is 6.17 Å². The minimum atomic E-state index is -0.0833. The number of Topliss-reactive ketones (excluding diaryl/α,β-unsaturated/α-hetero) is 1. The standard InChI is InChI=1S/C3H6O/c1-3(2)4/h1-2H3/i1T. The molecule has 0 saturated carbocycles. The molecule has 0 radical (unpaired) electrons. The molecule has 0 spiro atoms. The zero-order valence-corrected chi connectivity index (χ0v) is 2.62. The summed E-state index contributed by atoms with van der Waals surface area (Å²) in [6.45, 7) is 1.31. The van der Waals surface area contributed by atoms with Gasteiger partial charge in [-0.2, -0.15) is 0 Å². The van der Waals surface area contributed by atoms with Crippen LogP contribution in [0.5, 0.6) is 0 Å². The van der Waals surface area contributed by atoms with Gasteiger partial charge in [0.1, 0.15) is 5.78 Å². The van der Waals surface area contributed by atoms with Crippen molar-refractivity contribution in [2.45, 2.75) is 13.8 Å². The molecular formula is C3H6O. The fraction of sp³-hybridized carbons (Fsp3) is 0.667. The van der Waals surface area contributed by atoms with Crippen molar-refractivity contribution in [2.75, 3.05) is 0 Å². The van der Waals surface area contributed by atoms with Gasteiger partial charge < -0.3 is 4.79 Å². The zero-order valence-electron chi connectivity index (χ0n) is 3.62. The van der Waals surface area contributed by atoms with Crippen LogP contribution < -0.4 is 0 Å². The van der Waals surface area contributed by atoms with Crippen LogP contribution in [0.3, 0.4) is 0 Å². The van der Waals surface area contributed by atoms with Gasteiger partial charge >= 0.3 is 0 Å². The van der Waals surface area contributed by atoms with Crippen molar-refractivity contribution in [3.63, 3.8) is 0 Å². The number of rotatable bonds is 0. The summed E-state index contributed by atoms with van der Waals surface area (Å²) in [7, 11) is 0. The molecule has 0 fully saturated rings. The summed E-state index contributed by atoms with van der Waals surface area (Å²) in [5.74, 6) is -0.0787. The molecule has 0 aromatic carbocycles. The van der Waals surface area contributed by atoms with Crippen molar-refractivity contribution in [2.24, 2.45) is 0 Å². The van der Waals surface area contributed by atoms with Crippen LogP contribution in [0, 0.1) is 0 Å². The van der Waals surface area contributed by atoms with Crippen LogP contribution in [0.4, 0.5) is 0 Å². The Kier molecular flexibility index (Phi) is 0.507. The second-order valence-electron chi connectivity index (χ2n) is 0.702. The Morgan fingerprint density at radius 2 is 2.50 bits per heavy atom. The molecule has 24 valence electrons. The summed E-state index contributed by atoms with van der Waals surface area (Å²) in [5.41, 5.74) is 0. The summed E-state index contributed by atoms with van der Waals surface area (Å²) in [4.78, 5) is 9.62. The monoisotopic (exact) mass is 60.1 g/mol. The topological polar surface area (TPSA) is 17.1 Å². The van der Waals surface area contributed by atoms with Crippen molar-refractivity contribution in [1.29, 1.82) is 0 Å². The summed E-state index contributed by atoms with van der Waals surface area (Å²) in [6.07, 6.45) is 0. The van der Waals surface area contributed by atoms with E-state index in [0.29, 0.717) is 0 Å². The molecular weight excluding hydrogens is 52.0 g/mol. The Bertz CT molecular complexity index is 42.2. The normalized spacial score (nSPS) is 9.75. The molecule has 0 bridgehead atoms. The quantitative estimate of drug-likeness (QED) is 0.400. The molecule has 4 heavy (non-hydrogen) atoms. The van der Waals surface area contributed by atoms with Crippen LogP contribution >= 0.6 is 0 Å². The van der Waals surface area contributed by atoms with Crippen molar-refractivity contribution in [3.8, 4) is 0 Å². The Hall–Kier alpha value is -0.330. The smallest absolute Gasteiger partial charge is 0.126 e. The Morgan fingerprint density at radius 3 is 2.50 bits per heavy atom. The lowest BCUT2D eigenvalue weighted by Gasteiger charge is -1.56. The van der Waals surface area contributed by atoms with Crippen LogP contribution in [0.25, 0.3) is 0 Å². The van der Waals surface area contributed by atoms with Crippen LogP contribution in [0.15, 0.2) is 0 Å². The lowest BCUT2D eigenvalue weighted by Crippen LogP contribution is -1.69. The summed E-state index contributed by atoms with van der Waals surface area (Å²) >= 11 is 0. The summed E-state index contributed by atoms with van der Waals surface area (Å²) in [5, 5.41) is 0. The first-order valence-electron chi connectivity index (χ1n) is 1.76. The van der Waals surface area contributed by atoms with Crippen LogP contribution in [-0.4, -0.2) is 5.78 Å². The third-order valence-corrected chi connectivity index (χ3v) is 0. The van der Waals surface area contributed by atoms with E-state index in [9.17, 15) is 4.79 Å². The molecule has 0 amide bonds. The highest BCUT2D eigenvalue weighted by Gasteiger charge is 1.62. The van der Waals surface area contributed by atoms with E-state index in [0.717, 1.165) is 0 Å². The van der Waals surface area contributed by atoms with Crippen LogP contribution in [0.1, 0.15) is 15.2 Å². The molecule has 0 rings (SSSR count). The highest BCUT2D eigenvalue weighted by molar-refractivity contribution is 5.72. The van der Waals surface area contributed by atoms with E-state index in [2.05, 4.69) is 0 Å². The van der Waals surface area contributed by atoms with Gasteiger partial charge in [-0.25, -0.2) is 0 Å². The van der Waals surface area contributed by atoms with Gasteiger partial charge in [-0.1, -0.05) is 0 Å². The molecule has 0 aromatic heterocycles. The van der Waals surface area contributed by atoms with Gasteiger partial charge in [0.05, 0.1) is 0 Å². The summed E-state index contributed by atoms with van der Waals surface area (Å²) < 4.78 is 6.31. The molecule has 0 aliphatic carbocycles. The van der Waals surface area contributed by atoms with E-state index in [1.165, 1.54) is 6.92 Å². The molecule has 1 nitrogen and oxygen atoms in total. The number of carbonyl (C=O) groups excluding carboxylic acids is 1. The van der Waals surface area contributed by atoms with E-state index in [1.54, 1.807) is 0 Å². The van der Waals surface area contributed by atoms with Crippen molar-refractivity contribution >= 4 is 5.78 Å².